The smallest absolute Gasteiger partial charge is 0.166 e. The van der Waals surface area contributed by atoms with Crippen molar-refractivity contribution in [3.8, 4) is 0 Å². The van der Waals surface area contributed by atoms with Crippen LogP contribution in [0.3, 0.4) is 0 Å². The zero-order valence-corrected chi connectivity index (χ0v) is 24.0. The quantitative estimate of drug-likeness (QED) is 0.241. The van der Waals surface area contributed by atoms with E-state index in [2.05, 4.69) is 108 Å². The van der Waals surface area contributed by atoms with E-state index < -0.39 is 36.6 Å². The van der Waals surface area contributed by atoms with Gasteiger partial charge in [0.25, 0.3) is 0 Å². The van der Waals surface area contributed by atoms with E-state index in [0.717, 1.165) is 6.54 Å². The van der Waals surface area contributed by atoms with Crippen molar-refractivity contribution in [3.63, 3.8) is 0 Å². The van der Waals surface area contributed by atoms with Crippen molar-refractivity contribution in [2.24, 2.45) is 0 Å². The van der Waals surface area contributed by atoms with E-state index in [-0.39, 0.29) is 10.9 Å². The molecule has 0 spiro atoms. The maximum absolute atomic E-state index is 12.7. The predicted octanol–water partition coefficient (Wildman–Crippen LogP) is 5.83. The Labute approximate surface area is 231 Å². The molecule has 0 saturated carbocycles. The maximum Gasteiger partial charge on any atom is 0.166 e. The van der Waals surface area contributed by atoms with Gasteiger partial charge in [0, 0.05) is 18.9 Å². The summed E-state index contributed by atoms with van der Waals surface area (Å²) >= 11 is 0. The Morgan fingerprint density at radius 1 is 0.692 bits per heavy atom. The molecule has 0 aromatic heterocycles. The van der Waals surface area contributed by atoms with Crippen molar-refractivity contribution in [2.45, 2.75) is 26.1 Å². The summed E-state index contributed by atoms with van der Waals surface area (Å²) < 4.78 is 71.8. The van der Waals surface area contributed by atoms with Gasteiger partial charge in [-0.1, -0.05) is 48.5 Å². The Morgan fingerprint density at radius 3 is 1.54 bits per heavy atom. The highest BCUT2D eigenvalue weighted by molar-refractivity contribution is 8.11. The molecule has 39 heavy (non-hydrogen) atoms. The lowest BCUT2D eigenvalue weighted by Gasteiger charge is -2.17. The Hall–Kier alpha value is -3.09. The fraction of sp³-hybridized carbons (Fsp3) is 0.143. The fourth-order valence-electron chi connectivity index (χ4n) is 3.52. The van der Waals surface area contributed by atoms with E-state index >= 15 is 0 Å². The lowest BCUT2D eigenvalue weighted by atomic mass is 10.2. The van der Waals surface area contributed by atoms with Gasteiger partial charge in [0.2, 0.25) is 0 Å². The van der Waals surface area contributed by atoms with Gasteiger partial charge in [-0.05, 0) is 68.2 Å². The van der Waals surface area contributed by atoms with Crippen LogP contribution < -0.4 is 0 Å². The molecule has 4 aromatic carbocycles. The molecule has 0 atom stereocenters. The van der Waals surface area contributed by atoms with Crippen LogP contribution in [0.5, 0.6) is 0 Å². The summed E-state index contributed by atoms with van der Waals surface area (Å²) in [6, 6.07) is 32.0. The molecule has 0 unspecified atom stereocenters. The number of benzene rings is 4. The van der Waals surface area contributed by atoms with Gasteiger partial charge in [0.1, 0.15) is 21.7 Å². The molecule has 4 aromatic rings. The molecule has 0 aliphatic rings. The SMILES string of the molecule is CN(C)Cc1ccc([S+](c2ccccc2)c2ccccc2)cc1.CS(=O)(=O)[N-]S(=O)(=O)c1cc(F)cc(F)c1. The van der Waals surface area contributed by atoms with Crippen molar-refractivity contribution < 1.29 is 25.6 Å². The molecule has 4 rings (SSSR count). The second-order valence-electron chi connectivity index (χ2n) is 8.70. The molecule has 0 heterocycles. The summed E-state index contributed by atoms with van der Waals surface area (Å²) in [5.74, 6) is -2.27. The summed E-state index contributed by atoms with van der Waals surface area (Å²) in [7, 11) is -4.61. The van der Waals surface area contributed by atoms with Crippen LogP contribution in [0.2, 0.25) is 0 Å². The van der Waals surface area contributed by atoms with Crippen LogP contribution in [0.15, 0.2) is 123 Å². The summed E-state index contributed by atoms with van der Waals surface area (Å²) in [5, 5.41) is 0. The summed E-state index contributed by atoms with van der Waals surface area (Å²) in [6.45, 7) is 0.977. The standard InChI is InChI=1S/C21H22NS.C7H6F2NO4S2/c1-22(2)17-18-13-15-21(16-14-18)23(19-9-5-3-6-10-19)20-11-7-4-8-12-20;1-15(11,12)10-16(13,14)7-3-5(8)2-6(9)4-7/h3-16H,17H2,1-2H3;2-4H,1H3/q+1;-1. The van der Waals surface area contributed by atoms with Crippen LogP contribution in [0.4, 0.5) is 8.78 Å². The first-order valence-corrected chi connectivity index (χ1v) is 16.1. The van der Waals surface area contributed by atoms with Crippen LogP contribution in [0, 0.1) is 11.6 Å². The maximum atomic E-state index is 12.7. The van der Waals surface area contributed by atoms with E-state index in [0.29, 0.717) is 24.5 Å². The van der Waals surface area contributed by atoms with Gasteiger partial charge in [-0.2, -0.15) is 0 Å². The number of nitrogens with zero attached hydrogens (tertiary/aromatic N) is 2. The monoisotopic (exact) mass is 590 g/mol. The molecule has 0 bridgehead atoms. The van der Waals surface area contributed by atoms with E-state index in [4.69, 9.17) is 0 Å². The van der Waals surface area contributed by atoms with Gasteiger partial charge in [-0.3, -0.25) is 0 Å². The number of sulfonamides is 2. The molecule has 0 fully saturated rings. The van der Waals surface area contributed by atoms with Gasteiger partial charge < -0.3 is 9.03 Å². The third kappa shape index (κ3) is 9.55. The minimum atomic E-state index is -4.61. The van der Waals surface area contributed by atoms with Gasteiger partial charge in [-0.15, -0.1) is 0 Å². The Balaban J connectivity index is 0.000000231. The van der Waals surface area contributed by atoms with Gasteiger partial charge in [0.05, 0.1) is 25.8 Å². The molecule has 11 heteroatoms. The average Bonchev–Trinajstić information content (AvgIpc) is 2.85. The molecule has 0 saturated heterocycles. The molecule has 0 amide bonds. The highest BCUT2D eigenvalue weighted by atomic mass is 32.3. The van der Waals surface area contributed by atoms with Gasteiger partial charge in [0.15, 0.2) is 14.7 Å². The number of halogens is 2. The number of hydrogen-bond acceptors (Lipinski definition) is 5. The minimum absolute atomic E-state index is 0.0492. The van der Waals surface area contributed by atoms with E-state index in [1.807, 2.05) is 0 Å². The fourth-order valence-corrected chi connectivity index (χ4v) is 7.89. The first kappa shape index (κ1) is 30.5. The molecular formula is C28H28F2N2O4S3. The molecule has 0 N–H and O–H groups in total. The highest BCUT2D eigenvalue weighted by Crippen LogP contribution is 2.31. The van der Waals surface area contributed by atoms with Crippen LogP contribution in [0.25, 0.3) is 4.13 Å². The van der Waals surface area contributed by atoms with Crippen LogP contribution in [-0.2, 0) is 37.5 Å². The normalized spacial score (nSPS) is 11.8. The lowest BCUT2D eigenvalue weighted by Crippen LogP contribution is -2.11. The first-order chi connectivity index (χ1) is 18.3. The van der Waals surface area contributed by atoms with Crippen LogP contribution >= 0.6 is 0 Å². The van der Waals surface area contributed by atoms with Gasteiger partial charge in [-0.25, -0.2) is 25.6 Å². The van der Waals surface area contributed by atoms with E-state index in [9.17, 15) is 25.6 Å². The average molecular weight is 591 g/mol. The van der Waals surface area contributed by atoms with Crippen LogP contribution in [0.1, 0.15) is 5.56 Å². The number of rotatable bonds is 8. The highest BCUT2D eigenvalue weighted by Gasteiger charge is 2.28. The first-order valence-electron chi connectivity index (χ1n) is 11.6. The summed E-state index contributed by atoms with van der Waals surface area (Å²) in [6.07, 6.45) is 0.556. The third-order valence-corrected chi connectivity index (χ3v) is 9.91. The predicted molar refractivity (Wildman–Crippen MR) is 151 cm³/mol. The molecular weight excluding hydrogens is 563 g/mol. The zero-order valence-electron chi connectivity index (χ0n) is 21.5. The van der Waals surface area contributed by atoms with Crippen molar-refractivity contribution in [1.29, 1.82) is 0 Å². The Kier molecular flexibility index (Phi) is 10.4. The summed E-state index contributed by atoms with van der Waals surface area (Å²) in [5.41, 5.74) is 1.35. The largest absolute Gasteiger partial charge is 0.432 e. The van der Waals surface area contributed by atoms with Crippen molar-refractivity contribution in [1.82, 2.24) is 4.90 Å². The molecule has 0 radical (unpaired) electrons. The summed E-state index contributed by atoms with van der Waals surface area (Å²) in [4.78, 5) is 5.43. The topological polar surface area (TPSA) is 85.6 Å². The number of hydrogen-bond donors (Lipinski definition) is 0. The molecule has 0 aliphatic carbocycles. The zero-order chi connectivity index (χ0) is 28.6. The van der Waals surface area contributed by atoms with Crippen molar-refractivity contribution in [3.05, 3.63) is 124 Å². The van der Waals surface area contributed by atoms with Crippen LogP contribution in [-0.4, -0.2) is 42.1 Å². The second kappa shape index (κ2) is 13.3. The molecule has 206 valence electrons. The van der Waals surface area contributed by atoms with Crippen molar-refractivity contribution >= 4 is 30.9 Å². The third-order valence-electron chi connectivity index (χ3n) is 4.98. The Bertz CT molecular complexity index is 1520. The molecule has 6 nitrogen and oxygen atoms in total. The second-order valence-corrected chi connectivity index (χ2v) is 14.2. The minimum Gasteiger partial charge on any atom is -0.432 e. The van der Waals surface area contributed by atoms with Gasteiger partial charge >= 0.3 is 0 Å². The lowest BCUT2D eigenvalue weighted by molar-refractivity contribution is 0.402. The van der Waals surface area contributed by atoms with E-state index in [1.54, 1.807) is 0 Å². The van der Waals surface area contributed by atoms with E-state index in [1.165, 1.54) is 20.2 Å². The van der Waals surface area contributed by atoms with Crippen molar-refractivity contribution in [2.75, 3.05) is 20.4 Å². The molecule has 0 aliphatic heterocycles. The Morgan fingerprint density at radius 2 is 1.13 bits per heavy atom.